The third-order valence-electron chi connectivity index (χ3n) is 7.35. The number of rotatable bonds is 1. The van der Waals surface area contributed by atoms with Gasteiger partial charge >= 0.3 is 6.09 Å². The van der Waals surface area contributed by atoms with Gasteiger partial charge < -0.3 is 24.2 Å². The molecule has 4 atom stereocenters. The number of nitrogens with one attached hydrogen (secondary N) is 1. The minimum atomic E-state index is -1.43. The first kappa shape index (κ1) is 26.5. The van der Waals surface area contributed by atoms with Crippen LogP contribution < -0.4 is 15.0 Å². The molecule has 2 N–H and O–H groups in total. The fourth-order valence-corrected chi connectivity index (χ4v) is 5.83. The Hall–Kier alpha value is -2.55. The quantitative estimate of drug-likeness (QED) is 0.561. The number of halogens is 1. The monoisotopic (exact) mass is 518 g/mol. The normalized spacial score (nSPS) is 35.6. The predicted molar refractivity (Wildman–Crippen MR) is 137 cm³/mol. The van der Waals surface area contributed by atoms with Crippen molar-refractivity contribution in [2.24, 2.45) is 0 Å². The zero-order valence-electron chi connectivity index (χ0n) is 21.5. The van der Waals surface area contributed by atoms with Crippen molar-refractivity contribution < 1.29 is 28.9 Å². The molecule has 2 saturated heterocycles. The first-order valence-corrected chi connectivity index (χ1v) is 12.6. The average Bonchev–Trinajstić information content (AvgIpc) is 2.78. The lowest BCUT2D eigenvalue weighted by Crippen LogP contribution is -2.68. The molecule has 0 radical (unpaired) electrons. The summed E-state index contributed by atoms with van der Waals surface area (Å²) in [5, 5.41) is 14.0. The van der Waals surface area contributed by atoms with Crippen LogP contribution in [0, 0.1) is 0 Å². The molecule has 4 heterocycles. The number of amides is 2. The number of carbonyl (C=O) groups excluding carboxylic acids is 2. The van der Waals surface area contributed by atoms with Crippen molar-refractivity contribution in [2.75, 3.05) is 19.1 Å². The molecule has 0 aliphatic carbocycles. The summed E-state index contributed by atoms with van der Waals surface area (Å²) in [5.41, 5.74) is -0.123. The highest BCUT2D eigenvalue weighted by molar-refractivity contribution is 6.35. The number of hydrogen-bond acceptors (Lipinski definition) is 6. The Bertz CT molecular complexity index is 1110. The summed E-state index contributed by atoms with van der Waals surface area (Å²) in [6, 6.07) is 3.79. The van der Waals surface area contributed by atoms with Crippen LogP contribution in [-0.2, 0) is 20.7 Å². The van der Waals surface area contributed by atoms with Gasteiger partial charge in [-0.05, 0) is 51.3 Å². The fourth-order valence-electron chi connectivity index (χ4n) is 5.52. The van der Waals surface area contributed by atoms with Crippen molar-refractivity contribution >= 4 is 29.3 Å². The number of hydrogen-bond donors (Lipinski definition) is 2. The molecule has 5 rings (SSSR count). The Morgan fingerprint density at radius 1 is 1.28 bits per heavy atom. The van der Waals surface area contributed by atoms with E-state index in [1.165, 1.54) is 0 Å². The number of benzene rings is 1. The molecule has 1 aromatic carbocycles. The molecule has 4 aliphatic rings. The van der Waals surface area contributed by atoms with Gasteiger partial charge in [-0.1, -0.05) is 35.4 Å². The molecule has 9 heteroatoms. The van der Waals surface area contributed by atoms with E-state index >= 15 is 0 Å². The van der Waals surface area contributed by atoms with Crippen molar-refractivity contribution in [3.05, 3.63) is 46.5 Å². The van der Waals surface area contributed by atoms with Crippen LogP contribution in [0.5, 0.6) is 5.75 Å². The summed E-state index contributed by atoms with van der Waals surface area (Å²) in [6.07, 6.45) is 6.75. The Labute approximate surface area is 217 Å². The lowest BCUT2D eigenvalue weighted by atomic mass is 9.73. The van der Waals surface area contributed by atoms with Crippen molar-refractivity contribution in [3.63, 3.8) is 0 Å². The van der Waals surface area contributed by atoms with E-state index in [0.717, 1.165) is 11.1 Å². The maximum Gasteiger partial charge on any atom is 0.409 e. The minimum Gasteiger partial charge on any atom is -0.495 e. The number of anilines is 1. The second-order valence-electron chi connectivity index (χ2n) is 10.7. The number of nitrogens with zero attached hydrogens (tertiary/aromatic N) is 1. The zero-order valence-corrected chi connectivity index (χ0v) is 22.3. The zero-order chi connectivity index (χ0) is 26.3. The summed E-state index contributed by atoms with van der Waals surface area (Å²) >= 11 is 6.59. The van der Waals surface area contributed by atoms with Gasteiger partial charge in [-0.25, -0.2) is 4.79 Å². The highest BCUT2D eigenvalue weighted by Gasteiger charge is 2.58. The number of methoxy groups -OCH3 is 1. The molecular formula is C27H35ClN2O6. The van der Waals surface area contributed by atoms with Gasteiger partial charge in [0.25, 0.3) is 0 Å². The number of carbonyl (C=O) groups is 2. The van der Waals surface area contributed by atoms with Gasteiger partial charge in [-0.15, -0.1) is 0 Å². The Balaban J connectivity index is 1.67. The molecular weight excluding hydrogens is 484 g/mol. The molecule has 0 saturated carbocycles. The average molecular weight is 519 g/mol. The lowest BCUT2D eigenvalue weighted by Gasteiger charge is -2.57. The van der Waals surface area contributed by atoms with Crippen LogP contribution in [0.3, 0.4) is 0 Å². The van der Waals surface area contributed by atoms with E-state index in [4.69, 9.17) is 25.8 Å². The van der Waals surface area contributed by atoms with Crippen LogP contribution in [-0.4, -0.2) is 54.3 Å². The first-order valence-electron chi connectivity index (χ1n) is 12.2. The van der Waals surface area contributed by atoms with Crippen LogP contribution in [0.1, 0.15) is 58.4 Å². The number of ether oxygens (including phenoxy) is 3. The first-order chi connectivity index (χ1) is 16.9. The van der Waals surface area contributed by atoms with Crippen LogP contribution >= 0.6 is 11.6 Å². The predicted octanol–water partition coefficient (Wildman–Crippen LogP) is 4.67. The molecule has 0 aromatic heterocycles. The maximum atomic E-state index is 13.2. The van der Waals surface area contributed by atoms with Crippen molar-refractivity contribution in [1.82, 2.24) is 5.32 Å². The minimum absolute atomic E-state index is 0.0923. The molecule has 196 valence electrons. The van der Waals surface area contributed by atoms with Gasteiger partial charge in [0.2, 0.25) is 5.91 Å². The molecule has 0 spiro atoms. The highest BCUT2D eigenvalue weighted by Crippen LogP contribution is 2.49. The highest BCUT2D eigenvalue weighted by atomic mass is 35.5. The third kappa shape index (κ3) is 5.41. The third-order valence-corrected chi connectivity index (χ3v) is 7.73. The molecule has 6 bridgehead atoms. The molecule has 2 fully saturated rings. The molecule has 1 aromatic rings. The van der Waals surface area contributed by atoms with E-state index in [0.29, 0.717) is 35.7 Å². The van der Waals surface area contributed by atoms with Crippen LogP contribution in [0.4, 0.5) is 10.5 Å². The number of alkyl carbamates (subject to hydrolysis) is 1. The Morgan fingerprint density at radius 2 is 2.00 bits per heavy atom. The van der Waals surface area contributed by atoms with Crippen molar-refractivity contribution in [1.29, 1.82) is 0 Å². The van der Waals surface area contributed by atoms with Gasteiger partial charge in [0.1, 0.15) is 28.2 Å². The summed E-state index contributed by atoms with van der Waals surface area (Å²) in [7, 11) is 3.27. The van der Waals surface area contributed by atoms with Crippen LogP contribution in [0.25, 0.3) is 0 Å². The second kappa shape index (κ2) is 9.72. The van der Waals surface area contributed by atoms with Crippen LogP contribution in [0.15, 0.2) is 35.9 Å². The molecule has 4 aliphatic heterocycles. The van der Waals surface area contributed by atoms with Crippen molar-refractivity contribution in [3.8, 4) is 5.75 Å². The van der Waals surface area contributed by atoms with E-state index in [1.54, 1.807) is 19.1 Å². The Morgan fingerprint density at radius 3 is 2.69 bits per heavy atom. The summed E-state index contributed by atoms with van der Waals surface area (Å²) in [5.74, 6) is 0.415. The molecule has 36 heavy (non-hydrogen) atoms. The Kier molecular flexibility index (Phi) is 7.16. The van der Waals surface area contributed by atoms with E-state index in [2.05, 4.69) is 5.32 Å². The van der Waals surface area contributed by atoms with E-state index < -0.39 is 29.1 Å². The summed E-state index contributed by atoms with van der Waals surface area (Å²) in [4.78, 5) is 27.0. The largest absolute Gasteiger partial charge is 0.495 e. The van der Waals surface area contributed by atoms with E-state index in [-0.39, 0.29) is 25.2 Å². The topological polar surface area (TPSA) is 97.3 Å². The maximum absolute atomic E-state index is 13.2. The standard InChI is InChI=1S/C27H35ClN2O6/c1-17-8-6-7-10-27(33)15-21(35-24(32)29-27)26(3)16-25(2,36-26)11-9-22(31)30(4)19-13-18(12-17)14-20(34-5)23(19)28/h6-8,13-14,21,33H,9-12,15-16H2,1-5H3,(H,29,32)/b7-6+,17-8+/t21-,25-,26?,27+/m0/s1. The summed E-state index contributed by atoms with van der Waals surface area (Å²) in [6.45, 7) is 5.83. The van der Waals surface area contributed by atoms with Gasteiger partial charge in [-0.2, -0.15) is 0 Å². The van der Waals surface area contributed by atoms with Gasteiger partial charge in [0.15, 0.2) is 0 Å². The SMILES string of the molecule is COc1cc2cc(c1Cl)N(C)C(=O)CC[C@@]1(C)CC(C)(O1)[C@@H]1C[C@](O)(C/C=C/C=C(\C)C2)NC(=O)O1. The van der Waals surface area contributed by atoms with Crippen LogP contribution in [0.2, 0.25) is 5.02 Å². The fraction of sp³-hybridized carbons (Fsp3) is 0.556. The number of allylic oxidation sites excluding steroid dienone is 3. The molecule has 8 nitrogen and oxygen atoms in total. The van der Waals surface area contributed by atoms with E-state index in [1.807, 2.05) is 51.1 Å². The van der Waals surface area contributed by atoms with Gasteiger partial charge in [-0.3, -0.25) is 10.1 Å². The summed E-state index contributed by atoms with van der Waals surface area (Å²) < 4.78 is 17.3. The smallest absolute Gasteiger partial charge is 0.409 e. The molecule has 1 unspecified atom stereocenters. The molecule has 2 amide bonds. The number of fused-ring (bicyclic) bond motifs is 6. The second-order valence-corrected chi connectivity index (χ2v) is 11.1. The van der Waals surface area contributed by atoms with E-state index in [9.17, 15) is 14.7 Å². The lowest BCUT2D eigenvalue weighted by molar-refractivity contribution is -0.302. The van der Waals surface area contributed by atoms with Crippen molar-refractivity contribution in [2.45, 2.75) is 82.3 Å². The van der Waals surface area contributed by atoms with Gasteiger partial charge in [0.05, 0.1) is 18.4 Å². The van der Waals surface area contributed by atoms with Gasteiger partial charge in [0, 0.05) is 32.7 Å². The number of aliphatic hydroxyl groups is 1.